The number of hydrogen-bond acceptors (Lipinski definition) is 6. The number of thiophene rings is 1. The van der Waals surface area contributed by atoms with Gasteiger partial charge in [-0.25, -0.2) is 13.1 Å². The van der Waals surface area contributed by atoms with Gasteiger partial charge in [0.1, 0.15) is 9.90 Å². The lowest BCUT2D eigenvalue weighted by Crippen LogP contribution is -2.42. The summed E-state index contributed by atoms with van der Waals surface area (Å²) in [5, 5.41) is 18.5. The highest BCUT2D eigenvalue weighted by atomic mass is 35.5. The maximum atomic E-state index is 13.3. The Morgan fingerprint density at radius 1 is 1.18 bits per heavy atom. The number of sulfone groups is 1. The summed E-state index contributed by atoms with van der Waals surface area (Å²) in [4.78, 5) is 0. The molecule has 180 valence electrons. The molecule has 0 saturated carbocycles. The summed E-state index contributed by atoms with van der Waals surface area (Å²) in [6.07, 6.45) is -3.29. The molecular formula is C22H19ClF3N3O3S2. The van der Waals surface area contributed by atoms with Crippen LogP contribution in [-0.2, 0) is 22.0 Å². The highest BCUT2D eigenvalue weighted by Gasteiger charge is 2.55. The average molecular weight is 530 g/mol. The second-order valence-corrected chi connectivity index (χ2v) is 11.6. The van der Waals surface area contributed by atoms with Gasteiger partial charge in [0.05, 0.1) is 12.7 Å². The summed E-state index contributed by atoms with van der Waals surface area (Å²) in [5.41, 5.74) is -1.77. The molecular weight excluding hydrogens is 511 g/mol. The molecule has 0 spiro atoms. The van der Waals surface area contributed by atoms with E-state index in [4.69, 9.17) is 11.6 Å². The predicted molar refractivity (Wildman–Crippen MR) is 125 cm³/mol. The number of aliphatic hydroxyl groups is 1. The normalized spacial score (nSPS) is 14.4. The largest absolute Gasteiger partial charge is 0.423 e. The van der Waals surface area contributed by atoms with Crippen molar-refractivity contribution in [1.29, 1.82) is 0 Å². The number of benzene rings is 2. The van der Waals surface area contributed by atoms with E-state index in [1.54, 1.807) is 42.5 Å². The summed E-state index contributed by atoms with van der Waals surface area (Å²) in [7, 11) is -3.54. The molecule has 0 aliphatic rings. The first kappa shape index (κ1) is 24.6. The molecule has 1 N–H and O–H groups in total. The lowest BCUT2D eigenvalue weighted by atomic mass is 9.96. The summed E-state index contributed by atoms with van der Waals surface area (Å²) in [6, 6.07) is 12.2. The highest BCUT2D eigenvalue weighted by Crippen LogP contribution is 2.43. The van der Waals surface area contributed by atoms with Crippen LogP contribution in [0.25, 0.3) is 21.2 Å². The van der Waals surface area contributed by atoms with Gasteiger partial charge in [0, 0.05) is 26.9 Å². The first-order chi connectivity index (χ1) is 15.8. The van der Waals surface area contributed by atoms with Gasteiger partial charge in [-0.15, -0.1) is 16.4 Å². The van der Waals surface area contributed by atoms with Crippen LogP contribution in [0.4, 0.5) is 13.2 Å². The van der Waals surface area contributed by atoms with Crippen molar-refractivity contribution in [2.75, 3.05) is 6.26 Å². The molecule has 2 aromatic heterocycles. The van der Waals surface area contributed by atoms with Crippen molar-refractivity contribution in [3.63, 3.8) is 0 Å². The molecule has 0 aliphatic carbocycles. The zero-order valence-corrected chi connectivity index (χ0v) is 20.4. The fraction of sp³-hybridized carbons (Fsp3) is 0.273. The van der Waals surface area contributed by atoms with Crippen molar-refractivity contribution in [3.8, 4) is 11.1 Å². The van der Waals surface area contributed by atoms with Crippen LogP contribution in [0.5, 0.6) is 0 Å². The van der Waals surface area contributed by atoms with E-state index in [0.717, 1.165) is 23.8 Å². The van der Waals surface area contributed by atoms with E-state index >= 15 is 0 Å². The van der Waals surface area contributed by atoms with Crippen LogP contribution in [-0.4, -0.2) is 41.0 Å². The van der Waals surface area contributed by atoms with Gasteiger partial charge in [0.2, 0.25) is 5.60 Å². The Kier molecular flexibility index (Phi) is 6.26. The number of nitrogens with zero attached hydrogens (tertiary/aromatic N) is 3. The van der Waals surface area contributed by atoms with Gasteiger partial charge < -0.3 is 5.11 Å². The van der Waals surface area contributed by atoms with Crippen LogP contribution in [0.2, 0.25) is 5.02 Å². The Balaban J connectivity index is 1.74. The third-order valence-corrected chi connectivity index (χ3v) is 8.68. The predicted octanol–water partition coefficient (Wildman–Crippen LogP) is 5.42. The lowest BCUT2D eigenvalue weighted by molar-refractivity contribution is -0.269. The van der Waals surface area contributed by atoms with Gasteiger partial charge in [0.15, 0.2) is 9.84 Å². The van der Waals surface area contributed by atoms with Crippen molar-refractivity contribution in [2.45, 2.75) is 35.9 Å². The van der Waals surface area contributed by atoms with Gasteiger partial charge in [-0.05, 0) is 35.7 Å². The van der Waals surface area contributed by atoms with E-state index in [-0.39, 0.29) is 10.8 Å². The van der Waals surface area contributed by atoms with Gasteiger partial charge >= 0.3 is 6.18 Å². The molecule has 2 heterocycles. The molecule has 0 bridgehead atoms. The van der Waals surface area contributed by atoms with E-state index in [0.29, 0.717) is 31.8 Å². The van der Waals surface area contributed by atoms with Gasteiger partial charge in [-0.3, -0.25) is 0 Å². The summed E-state index contributed by atoms with van der Waals surface area (Å²) < 4.78 is 67.1. The maximum Gasteiger partial charge on any atom is 0.423 e. The van der Waals surface area contributed by atoms with E-state index in [1.165, 1.54) is 11.6 Å². The van der Waals surface area contributed by atoms with Crippen molar-refractivity contribution < 1.29 is 26.7 Å². The molecule has 0 fully saturated rings. The standard InChI is InChI=1S/C22H19ClF3N3O3S2/c1-3-21(30,22(24,25)26)18-12-29(28-27-18)11-13-7-8-16-17(9-13)33-20(34(2,31)32)19(16)14-5-4-6-15(23)10-14/h4-10,12,30H,3,11H2,1-2H3. The highest BCUT2D eigenvalue weighted by molar-refractivity contribution is 7.93. The first-order valence-electron chi connectivity index (χ1n) is 10.0. The zero-order chi connectivity index (χ0) is 24.9. The second kappa shape index (κ2) is 8.63. The number of aromatic nitrogens is 3. The molecule has 0 aliphatic heterocycles. The molecule has 4 aromatic rings. The minimum Gasteiger partial charge on any atom is -0.375 e. The molecule has 34 heavy (non-hydrogen) atoms. The number of alkyl halides is 3. The Morgan fingerprint density at radius 3 is 2.53 bits per heavy atom. The van der Waals surface area contributed by atoms with E-state index < -0.39 is 33.7 Å². The molecule has 4 rings (SSSR count). The topological polar surface area (TPSA) is 85.1 Å². The van der Waals surface area contributed by atoms with E-state index in [2.05, 4.69) is 10.3 Å². The van der Waals surface area contributed by atoms with Gasteiger partial charge in [-0.2, -0.15) is 13.2 Å². The SMILES string of the molecule is CCC(O)(c1cn(Cc2ccc3c(-c4cccc(Cl)c4)c(S(C)(=O)=O)sc3c2)nn1)C(F)(F)F. The van der Waals surface area contributed by atoms with Crippen LogP contribution in [0.15, 0.2) is 52.9 Å². The molecule has 0 radical (unpaired) electrons. The lowest BCUT2D eigenvalue weighted by Gasteiger charge is -2.26. The molecule has 6 nitrogen and oxygen atoms in total. The third-order valence-electron chi connectivity index (χ3n) is 5.46. The van der Waals surface area contributed by atoms with Gasteiger partial charge in [0.25, 0.3) is 0 Å². The Hall–Kier alpha value is -2.47. The smallest absolute Gasteiger partial charge is 0.375 e. The molecule has 0 saturated heterocycles. The number of rotatable bonds is 6. The number of halogens is 4. The van der Waals surface area contributed by atoms with Crippen LogP contribution in [0.1, 0.15) is 24.6 Å². The third kappa shape index (κ3) is 4.45. The Morgan fingerprint density at radius 2 is 1.91 bits per heavy atom. The minimum atomic E-state index is -4.89. The molecule has 2 aromatic carbocycles. The maximum absolute atomic E-state index is 13.3. The van der Waals surface area contributed by atoms with Crippen LogP contribution in [0, 0.1) is 0 Å². The quantitative estimate of drug-likeness (QED) is 0.360. The summed E-state index contributed by atoms with van der Waals surface area (Å²) in [6.45, 7) is 1.30. The van der Waals surface area contributed by atoms with Gasteiger partial charge in [-0.1, -0.05) is 48.0 Å². The monoisotopic (exact) mass is 529 g/mol. The van der Waals surface area contributed by atoms with Crippen LogP contribution >= 0.6 is 22.9 Å². The van der Waals surface area contributed by atoms with Crippen molar-refractivity contribution >= 4 is 42.9 Å². The number of hydrogen-bond donors (Lipinski definition) is 1. The number of fused-ring (bicyclic) bond motifs is 1. The van der Waals surface area contributed by atoms with Crippen molar-refractivity contribution in [2.24, 2.45) is 0 Å². The van der Waals surface area contributed by atoms with Crippen LogP contribution in [0.3, 0.4) is 0 Å². The zero-order valence-electron chi connectivity index (χ0n) is 18.0. The van der Waals surface area contributed by atoms with Crippen molar-refractivity contribution in [3.05, 3.63) is 64.9 Å². The minimum absolute atomic E-state index is 0.0825. The molecule has 0 amide bonds. The van der Waals surface area contributed by atoms with E-state index in [9.17, 15) is 26.7 Å². The first-order valence-corrected chi connectivity index (χ1v) is 13.1. The fourth-order valence-electron chi connectivity index (χ4n) is 3.67. The van der Waals surface area contributed by atoms with Crippen LogP contribution < -0.4 is 0 Å². The fourth-order valence-corrected chi connectivity index (χ4v) is 6.36. The summed E-state index contributed by atoms with van der Waals surface area (Å²) in [5.74, 6) is 0. The molecule has 1 atom stereocenters. The average Bonchev–Trinajstić information content (AvgIpc) is 3.37. The van der Waals surface area contributed by atoms with Crippen molar-refractivity contribution in [1.82, 2.24) is 15.0 Å². The Labute approximate surface area is 202 Å². The Bertz CT molecular complexity index is 1480. The molecule has 12 heteroatoms. The van der Waals surface area contributed by atoms with E-state index in [1.807, 2.05) is 0 Å². The molecule has 1 unspecified atom stereocenters. The summed E-state index contributed by atoms with van der Waals surface area (Å²) >= 11 is 7.23. The second-order valence-electron chi connectivity index (χ2n) is 7.89.